The summed E-state index contributed by atoms with van der Waals surface area (Å²) in [6, 6.07) is 0. The lowest BCUT2D eigenvalue weighted by Gasteiger charge is -2.16. The lowest BCUT2D eigenvalue weighted by molar-refractivity contribution is -0.699. The molecule has 0 fully saturated rings. The number of phosphoric acid groups is 1. The third kappa shape index (κ3) is 5.42. The number of nitrogens with zero attached hydrogens (tertiary/aromatic N) is 1. The second-order valence-corrected chi connectivity index (χ2v) is 4.48. The number of aryl methyl sites for hydroxylation is 2. The summed E-state index contributed by atoms with van der Waals surface area (Å²) in [5.41, 5.74) is 0. The Hall–Kier alpha value is -0.680. The molecule has 0 aliphatic rings. The summed E-state index contributed by atoms with van der Waals surface area (Å²) < 4.78 is 19.9. The minimum Gasteiger partial charge on any atom is -0.756 e. The first-order chi connectivity index (χ1) is 7.50. The van der Waals surface area contributed by atoms with Gasteiger partial charge in [0, 0.05) is 20.6 Å². The maximum absolute atomic E-state index is 9.95. The number of rotatable bonds is 4. The van der Waals surface area contributed by atoms with Gasteiger partial charge in [-0.3, -0.25) is 4.57 Å². The molecule has 1 N–H and O–H groups in total. The fourth-order valence-corrected chi connectivity index (χ4v) is 1.22. The van der Waals surface area contributed by atoms with Crippen molar-refractivity contribution in [2.45, 2.75) is 26.8 Å². The fraction of sp³-hybridized carbons (Fsp3) is 0.667. The van der Waals surface area contributed by atoms with Gasteiger partial charge in [0.1, 0.15) is 12.4 Å². The Morgan fingerprint density at radius 3 is 2.25 bits per heavy atom. The largest absolute Gasteiger partial charge is 0.756 e. The molecular weight excluding hydrogens is 231 g/mol. The lowest BCUT2D eigenvalue weighted by atomic mass is 10.4. The molecule has 0 spiro atoms. The molecule has 1 rings (SSSR count). The molecule has 0 aliphatic heterocycles. The minimum atomic E-state index is -3.90. The topological polar surface area (TPSA) is 78.3 Å². The van der Waals surface area contributed by atoms with Crippen molar-refractivity contribution in [2.75, 3.05) is 14.2 Å². The molecule has 0 aliphatic carbocycles. The van der Waals surface area contributed by atoms with Gasteiger partial charge in [0.25, 0.3) is 13.6 Å². The molecule has 0 saturated heterocycles. The lowest BCUT2D eigenvalue weighted by Crippen LogP contribution is -2.34. The smallest absolute Gasteiger partial charge is 0.267 e. The van der Waals surface area contributed by atoms with E-state index in [1.807, 2.05) is 6.20 Å². The van der Waals surface area contributed by atoms with Gasteiger partial charge in [-0.1, -0.05) is 6.92 Å². The number of hydrogen-bond donors (Lipinski definition) is 1. The number of nitrogens with one attached hydrogen (secondary N) is 1. The molecule has 7 heteroatoms. The summed E-state index contributed by atoms with van der Waals surface area (Å²) in [5.74, 6) is 1.30. The molecule has 6 nitrogen and oxygen atoms in total. The standard InChI is InChI=1S/C7H12N2.C2H7O4P/c1-3-7-8-5-6-9(7)4-2;1-5-7(3,4)6-2/h5-6H,3-4H2,1-2H3;1-2H3,(H,3,4). The minimum absolute atomic E-state index is 1.04. The van der Waals surface area contributed by atoms with E-state index in [1.165, 1.54) is 5.82 Å². The Morgan fingerprint density at radius 2 is 2.00 bits per heavy atom. The van der Waals surface area contributed by atoms with Crippen molar-refractivity contribution in [1.29, 1.82) is 0 Å². The van der Waals surface area contributed by atoms with Crippen LogP contribution < -0.4 is 9.46 Å². The van der Waals surface area contributed by atoms with E-state index < -0.39 is 7.82 Å². The predicted octanol–water partition coefficient (Wildman–Crippen LogP) is 0.632. The van der Waals surface area contributed by atoms with Crippen molar-refractivity contribution in [3.05, 3.63) is 18.2 Å². The van der Waals surface area contributed by atoms with Crippen LogP contribution in [0.4, 0.5) is 0 Å². The Bertz CT molecular complexity index is 314. The summed E-state index contributed by atoms with van der Waals surface area (Å²) in [6.45, 7) is 5.36. The molecule has 0 unspecified atom stereocenters. The van der Waals surface area contributed by atoms with Gasteiger partial charge in [-0.05, 0) is 6.92 Å². The van der Waals surface area contributed by atoms with Gasteiger partial charge in [0.15, 0.2) is 0 Å². The highest BCUT2D eigenvalue weighted by molar-refractivity contribution is 7.45. The van der Waals surface area contributed by atoms with Gasteiger partial charge >= 0.3 is 0 Å². The molecular formula is C9H19N2O4P. The summed E-state index contributed by atoms with van der Waals surface area (Å²) >= 11 is 0. The van der Waals surface area contributed by atoms with E-state index in [4.69, 9.17) is 0 Å². The van der Waals surface area contributed by atoms with Crippen LogP contribution in [0.15, 0.2) is 12.4 Å². The van der Waals surface area contributed by atoms with Gasteiger partial charge < -0.3 is 13.9 Å². The normalized spacial score (nSPS) is 10.8. The van der Waals surface area contributed by atoms with Crippen LogP contribution in [0.2, 0.25) is 0 Å². The number of imidazole rings is 1. The molecule has 0 atom stereocenters. The molecule has 0 bridgehead atoms. The number of aromatic nitrogens is 2. The predicted molar refractivity (Wildman–Crippen MR) is 57.7 cm³/mol. The number of H-pyrrole nitrogens is 1. The maximum Gasteiger partial charge on any atom is 0.267 e. The number of phosphoric ester groups is 1. The molecule has 16 heavy (non-hydrogen) atoms. The van der Waals surface area contributed by atoms with Crippen LogP contribution in [0.1, 0.15) is 19.7 Å². The fourth-order valence-electron chi connectivity index (χ4n) is 1.07. The van der Waals surface area contributed by atoms with Crippen molar-refractivity contribution in [2.24, 2.45) is 0 Å². The average Bonchev–Trinajstić information content (AvgIpc) is 2.77. The van der Waals surface area contributed by atoms with Crippen LogP contribution in [0.3, 0.4) is 0 Å². The average molecular weight is 250 g/mol. The Morgan fingerprint density at radius 1 is 1.44 bits per heavy atom. The highest BCUT2D eigenvalue weighted by Gasteiger charge is 2.02. The monoisotopic (exact) mass is 250 g/mol. The molecule has 0 radical (unpaired) electrons. The highest BCUT2D eigenvalue weighted by Crippen LogP contribution is 2.34. The molecule has 0 saturated carbocycles. The van der Waals surface area contributed by atoms with Gasteiger partial charge in [-0.15, -0.1) is 0 Å². The third-order valence-corrected chi connectivity index (χ3v) is 2.87. The molecule has 1 heterocycles. The summed E-state index contributed by atoms with van der Waals surface area (Å²) in [5, 5.41) is 0. The zero-order valence-electron chi connectivity index (χ0n) is 10.1. The molecule has 0 amide bonds. The highest BCUT2D eigenvalue weighted by atomic mass is 31.2. The second kappa shape index (κ2) is 7.57. The Labute approximate surface area is 95.8 Å². The van der Waals surface area contributed by atoms with Crippen molar-refractivity contribution in [3.8, 4) is 0 Å². The van der Waals surface area contributed by atoms with Crippen molar-refractivity contribution >= 4 is 7.82 Å². The van der Waals surface area contributed by atoms with E-state index >= 15 is 0 Å². The van der Waals surface area contributed by atoms with E-state index in [0.29, 0.717) is 0 Å². The van der Waals surface area contributed by atoms with Crippen LogP contribution in [0, 0.1) is 0 Å². The van der Waals surface area contributed by atoms with Crippen LogP contribution in [-0.4, -0.2) is 19.2 Å². The molecule has 1 aromatic rings. The van der Waals surface area contributed by atoms with Gasteiger partial charge in [-0.25, -0.2) is 9.55 Å². The molecule has 94 valence electrons. The van der Waals surface area contributed by atoms with Crippen LogP contribution in [0.25, 0.3) is 0 Å². The Kier molecular flexibility index (Phi) is 7.25. The van der Waals surface area contributed by atoms with Crippen molar-refractivity contribution in [1.82, 2.24) is 4.98 Å². The number of hydrogen-bond acceptors (Lipinski definition) is 4. The van der Waals surface area contributed by atoms with Crippen LogP contribution in [-0.2, 0) is 26.6 Å². The third-order valence-electron chi connectivity index (χ3n) is 1.97. The van der Waals surface area contributed by atoms with Crippen LogP contribution >= 0.6 is 7.82 Å². The van der Waals surface area contributed by atoms with E-state index in [2.05, 4.69) is 38.6 Å². The van der Waals surface area contributed by atoms with E-state index in [9.17, 15) is 9.46 Å². The first-order valence-electron chi connectivity index (χ1n) is 4.98. The van der Waals surface area contributed by atoms with E-state index in [0.717, 1.165) is 27.2 Å². The van der Waals surface area contributed by atoms with Gasteiger partial charge in [0.05, 0.1) is 6.54 Å². The van der Waals surface area contributed by atoms with Gasteiger partial charge in [0.2, 0.25) is 0 Å². The van der Waals surface area contributed by atoms with E-state index in [-0.39, 0.29) is 0 Å². The quantitative estimate of drug-likeness (QED) is 0.628. The second-order valence-electron chi connectivity index (χ2n) is 2.86. The Balaban J connectivity index is 0.000000293. The summed E-state index contributed by atoms with van der Waals surface area (Å²) in [7, 11) is -1.83. The number of aromatic amines is 1. The van der Waals surface area contributed by atoms with E-state index in [1.54, 1.807) is 0 Å². The van der Waals surface area contributed by atoms with Crippen LogP contribution in [0.5, 0.6) is 0 Å². The first-order valence-corrected chi connectivity index (χ1v) is 6.45. The zero-order chi connectivity index (χ0) is 12.6. The van der Waals surface area contributed by atoms with Gasteiger partial charge in [-0.2, -0.15) is 0 Å². The van der Waals surface area contributed by atoms with Crippen molar-refractivity contribution in [3.63, 3.8) is 0 Å². The summed E-state index contributed by atoms with van der Waals surface area (Å²) in [4.78, 5) is 13.1. The SMILES string of the molecule is CCc1[nH]cc[n+]1CC.COP(=O)([O-])OC. The zero-order valence-corrected chi connectivity index (χ0v) is 11.0. The first kappa shape index (κ1) is 15.3. The maximum atomic E-state index is 9.95. The summed E-state index contributed by atoms with van der Waals surface area (Å²) in [6.07, 6.45) is 5.13. The molecule has 0 aromatic carbocycles. The molecule has 1 aromatic heterocycles. The van der Waals surface area contributed by atoms with Crippen molar-refractivity contribution < 1.29 is 23.1 Å².